The number of H-pyrrole nitrogens is 1. The Morgan fingerprint density at radius 2 is 2.09 bits per heavy atom. The maximum atomic E-state index is 12.4. The summed E-state index contributed by atoms with van der Waals surface area (Å²) in [5.74, 6) is 0. The van der Waals surface area contributed by atoms with E-state index in [-0.39, 0.29) is 6.09 Å². The summed E-state index contributed by atoms with van der Waals surface area (Å²) in [6.07, 6.45) is 6.17. The molecule has 4 N–H and O–H groups in total. The van der Waals surface area contributed by atoms with Gasteiger partial charge in [-0.1, -0.05) is 6.08 Å². The zero-order valence-electron chi connectivity index (χ0n) is 20.3. The van der Waals surface area contributed by atoms with Crippen LogP contribution in [0.5, 0.6) is 0 Å². The fourth-order valence-corrected chi connectivity index (χ4v) is 4.32. The molecule has 0 bridgehead atoms. The Hall–Kier alpha value is -3.85. The Labute approximate surface area is 204 Å². The zero-order chi connectivity index (χ0) is 24.6. The highest BCUT2D eigenvalue weighted by molar-refractivity contribution is 5.95. The van der Waals surface area contributed by atoms with Crippen molar-refractivity contribution >= 4 is 45.1 Å². The van der Waals surface area contributed by atoms with E-state index in [9.17, 15) is 4.79 Å². The number of amides is 1. The van der Waals surface area contributed by atoms with Crippen molar-refractivity contribution in [2.45, 2.75) is 39.3 Å². The molecule has 1 aliphatic heterocycles. The van der Waals surface area contributed by atoms with Crippen molar-refractivity contribution in [3.05, 3.63) is 54.6 Å². The molecule has 9 nitrogen and oxygen atoms in total. The summed E-state index contributed by atoms with van der Waals surface area (Å²) in [5.41, 5.74) is 12.2. The minimum absolute atomic E-state index is 0.276. The number of nitrogens with zero attached hydrogens (tertiary/aromatic N) is 4. The quantitative estimate of drug-likeness (QED) is 0.389. The number of fused-ring (bicyclic) bond motifs is 2. The number of anilines is 2. The molecule has 0 radical (unpaired) electrons. The van der Waals surface area contributed by atoms with Gasteiger partial charge in [-0.25, -0.2) is 14.8 Å². The van der Waals surface area contributed by atoms with Gasteiger partial charge in [0.2, 0.25) is 0 Å². The third-order valence-corrected chi connectivity index (χ3v) is 6.01. The van der Waals surface area contributed by atoms with Gasteiger partial charge in [0.1, 0.15) is 11.2 Å². The van der Waals surface area contributed by atoms with E-state index in [1.54, 1.807) is 11.1 Å². The molecule has 35 heavy (non-hydrogen) atoms. The highest BCUT2D eigenvalue weighted by Gasteiger charge is 2.24. The number of hydrogen-bond acceptors (Lipinski definition) is 6. The number of ether oxygens (including phenoxy) is 1. The molecule has 0 aliphatic carbocycles. The summed E-state index contributed by atoms with van der Waals surface area (Å²) < 4.78 is 7.56. The lowest BCUT2D eigenvalue weighted by atomic mass is 10.0. The number of hydrogen-bond donors (Lipinski definition) is 3. The van der Waals surface area contributed by atoms with Gasteiger partial charge >= 0.3 is 6.09 Å². The molecule has 0 spiro atoms. The van der Waals surface area contributed by atoms with Crippen molar-refractivity contribution < 1.29 is 9.53 Å². The molecule has 1 aromatic carbocycles. The topological polar surface area (TPSA) is 114 Å². The summed E-state index contributed by atoms with van der Waals surface area (Å²) in [4.78, 5) is 26.5. The number of carbonyl (C=O) groups is 1. The first-order chi connectivity index (χ1) is 16.8. The Kier molecular flexibility index (Phi) is 5.94. The molecule has 0 saturated carbocycles. The van der Waals surface area contributed by atoms with Gasteiger partial charge in [-0.05, 0) is 63.1 Å². The lowest BCUT2D eigenvalue weighted by Gasteiger charge is -2.29. The SMILES string of the molecule is CC(C)(C)OC(=O)N1CC=C(c2cc3c(Nc4ccc5ncn(CCN)c5c4)ccnc3[nH]2)CC1. The van der Waals surface area contributed by atoms with Crippen molar-refractivity contribution in [1.82, 2.24) is 24.4 Å². The third kappa shape index (κ3) is 4.85. The number of pyridine rings is 1. The van der Waals surface area contributed by atoms with E-state index < -0.39 is 5.60 Å². The number of rotatable bonds is 5. The van der Waals surface area contributed by atoms with Gasteiger partial charge in [0.25, 0.3) is 0 Å². The van der Waals surface area contributed by atoms with Gasteiger partial charge in [0.15, 0.2) is 0 Å². The predicted octanol–water partition coefficient (Wildman–Crippen LogP) is 4.64. The fraction of sp³-hybridized carbons (Fsp3) is 0.346. The normalized spacial score (nSPS) is 14.4. The lowest BCUT2D eigenvalue weighted by Crippen LogP contribution is -2.39. The zero-order valence-corrected chi connectivity index (χ0v) is 20.3. The van der Waals surface area contributed by atoms with Crippen LogP contribution in [0.15, 0.2) is 48.9 Å². The van der Waals surface area contributed by atoms with E-state index in [0.717, 1.165) is 52.1 Å². The van der Waals surface area contributed by atoms with Crippen molar-refractivity contribution in [2.75, 3.05) is 25.0 Å². The molecule has 5 rings (SSSR count). The van der Waals surface area contributed by atoms with Crippen LogP contribution in [0.1, 0.15) is 32.9 Å². The van der Waals surface area contributed by atoms with E-state index >= 15 is 0 Å². The van der Waals surface area contributed by atoms with Crippen LogP contribution < -0.4 is 11.1 Å². The number of aromatic amines is 1. The Bertz CT molecular complexity index is 1410. The molecule has 4 aromatic rings. The van der Waals surface area contributed by atoms with Crippen LogP contribution in [-0.4, -0.2) is 55.7 Å². The molecule has 0 unspecified atom stereocenters. The van der Waals surface area contributed by atoms with Crippen LogP contribution >= 0.6 is 0 Å². The number of nitrogens with one attached hydrogen (secondary N) is 2. The average molecular weight is 474 g/mol. The second-order valence-electron chi connectivity index (χ2n) is 9.76. The highest BCUT2D eigenvalue weighted by atomic mass is 16.6. The van der Waals surface area contributed by atoms with E-state index in [1.165, 1.54) is 5.57 Å². The van der Waals surface area contributed by atoms with Crippen LogP contribution in [0.2, 0.25) is 0 Å². The monoisotopic (exact) mass is 473 g/mol. The van der Waals surface area contributed by atoms with Gasteiger partial charge in [0, 0.05) is 49.1 Å². The molecule has 1 amide bonds. The molecule has 4 heterocycles. The van der Waals surface area contributed by atoms with E-state index in [2.05, 4.69) is 43.0 Å². The van der Waals surface area contributed by atoms with Crippen molar-refractivity contribution in [3.63, 3.8) is 0 Å². The summed E-state index contributed by atoms with van der Waals surface area (Å²) in [6.45, 7) is 8.07. The average Bonchev–Trinajstić information content (AvgIpc) is 3.43. The first kappa shape index (κ1) is 22.9. The van der Waals surface area contributed by atoms with E-state index in [0.29, 0.717) is 19.6 Å². The van der Waals surface area contributed by atoms with Crippen LogP contribution in [0.3, 0.4) is 0 Å². The van der Waals surface area contributed by atoms with Crippen LogP contribution in [0, 0.1) is 0 Å². The standard InChI is InChI=1S/C26H31N7O2/c1-26(2,3)35-25(34)32-11-7-17(8-12-32)22-15-19-20(6-10-28-24(19)31-22)30-18-4-5-21-23(14-18)33(13-9-27)16-29-21/h4-7,10,14-16H,8-9,11-13,27H2,1-3H3,(H2,28,30,31). The maximum absolute atomic E-state index is 12.4. The summed E-state index contributed by atoms with van der Waals surface area (Å²) in [6, 6.07) is 10.2. The molecular weight excluding hydrogens is 442 g/mol. The second-order valence-corrected chi connectivity index (χ2v) is 9.76. The summed E-state index contributed by atoms with van der Waals surface area (Å²) >= 11 is 0. The highest BCUT2D eigenvalue weighted by Crippen LogP contribution is 2.31. The fourth-order valence-electron chi connectivity index (χ4n) is 4.32. The van der Waals surface area contributed by atoms with Crippen molar-refractivity contribution in [2.24, 2.45) is 5.73 Å². The predicted molar refractivity (Wildman–Crippen MR) is 139 cm³/mol. The van der Waals surface area contributed by atoms with Gasteiger partial charge in [-0.15, -0.1) is 0 Å². The van der Waals surface area contributed by atoms with Gasteiger partial charge in [-0.3, -0.25) is 0 Å². The molecule has 1 aliphatic rings. The van der Waals surface area contributed by atoms with E-state index in [1.807, 2.05) is 45.3 Å². The van der Waals surface area contributed by atoms with Crippen molar-refractivity contribution in [3.8, 4) is 0 Å². The van der Waals surface area contributed by atoms with Crippen LogP contribution in [-0.2, 0) is 11.3 Å². The number of benzene rings is 1. The van der Waals surface area contributed by atoms with Crippen molar-refractivity contribution in [1.29, 1.82) is 0 Å². The van der Waals surface area contributed by atoms with Gasteiger partial charge < -0.3 is 30.2 Å². The first-order valence-electron chi connectivity index (χ1n) is 11.9. The number of nitrogens with two attached hydrogens (primary N) is 1. The molecule has 0 fully saturated rings. The smallest absolute Gasteiger partial charge is 0.410 e. The maximum Gasteiger partial charge on any atom is 0.410 e. The molecule has 9 heteroatoms. The van der Waals surface area contributed by atoms with Crippen LogP contribution in [0.25, 0.3) is 27.6 Å². The van der Waals surface area contributed by atoms with E-state index in [4.69, 9.17) is 10.5 Å². The first-order valence-corrected chi connectivity index (χ1v) is 11.9. The largest absolute Gasteiger partial charge is 0.444 e. The summed E-state index contributed by atoms with van der Waals surface area (Å²) in [7, 11) is 0. The molecule has 0 atom stereocenters. The van der Waals surface area contributed by atoms with Gasteiger partial charge in [-0.2, -0.15) is 0 Å². The lowest BCUT2D eigenvalue weighted by molar-refractivity contribution is 0.0270. The van der Waals surface area contributed by atoms with Gasteiger partial charge in [0.05, 0.1) is 23.0 Å². The molecule has 0 saturated heterocycles. The third-order valence-electron chi connectivity index (χ3n) is 6.01. The van der Waals surface area contributed by atoms with Crippen LogP contribution in [0.4, 0.5) is 16.2 Å². The minimum Gasteiger partial charge on any atom is -0.444 e. The molecule has 3 aromatic heterocycles. The Balaban J connectivity index is 1.37. The Morgan fingerprint density at radius 1 is 1.23 bits per heavy atom. The molecule has 182 valence electrons. The number of aromatic nitrogens is 4. The Morgan fingerprint density at radius 3 is 2.83 bits per heavy atom. The second kappa shape index (κ2) is 9.07. The minimum atomic E-state index is -0.498. The summed E-state index contributed by atoms with van der Waals surface area (Å²) in [5, 5.41) is 4.54. The molecular formula is C26H31N7O2. The number of imidazole rings is 1. The number of carbonyl (C=O) groups excluding carboxylic acids is 1.